The number of carbonyl (C=O) groups is 4. The molecule has 6 aromatic rings. The molecule has 1 N–H and O–H groups in total. The molecule has 2 aliphatic rings. The lowest BCUT2D eigenvalue weighted by molar-refractivity contribution is -0.120. The van der Waals surface area contributed by atoms with E-state index in [0.717, 1.165) is 68.2 Å². The molecule has 0 unspecified atom stereocenters. The monoisotopic (exact) mass is 752 g/mol. The molecule has 0 aromatic heterocycles. The Balaban J connectivity index is 1.12. The molecule has 9 heteroatoms. The predicted octanol–water partition coefficient (Wildman–Crippen LogP) is 10.1. The molecule has 0 aliphatic carbocycles. The molecule has 9 nitrogen and oxygen atoms in total. The molecule has 0 saturated carbocycles. The standard InChI is InChI=1S/C48H36N2O7/c1-3-45(52)36-18-14-32(25-40(36)48(54)55)57-33-15-19-37(47(26-33)56-27-51)46(53)22-29-13-17-35(39(21-29)44-24-31-9-5-7-11-42(31)50-44)34-16-12-28(2)20-38(34)43-23-30-8-4-6-10-41(30)49-43/h4-21,25-27H,3,22-24H2,1-2H3,(H,54,55). The van der Waals surface area contributed by atoms with Gasteiger partial charge in [-0.25, -0.2) is 4.79 Å². The summed E-state index contributed by atoms with van der Waals surface area (Å²) in [7, 11) is 0. The molecule has 280 valence electrons. The van der Waals surface area contributed by atoms with Gasteiger partial charge in [0.2, 0.25) is 0 Å². The number of carboxylic acid groups (broad SMARTS) is 1. The van der Waals surface area contributed by atoms with Crippen LogP contribution in [0.4, 0.5) is 11.4 Å². The van der Waals surface area contributed by atoms with E-state index in [9.17, 15) is 24.3 Å². The second-order valence-corrected chi connectivity index (χ2v) is 14.0. The molecule has 2 aliphatic heterocycles. The maximum absolute atomic E-state index is 14.0. The number of carbonyl (C=O) groups excluding carboxylic acids is 3. The molecule has 0 spiro atoms. The molecule has 6 aromatic carbocycles. The Morgan fingerprint density at radius 1 is 0.649 bits per heavy atom. The van der Waals surface area contributed by atoms with Gasteiger partial charge in [-0.05, 0) is 89.3 Å². The van der Waals surface area contributed by atoms with Crippen LogP contribution in [0.5, 0.6) is 17.2 Å². The Morgan fingerprint density at radius 2 is 1.25 bits per heavy atom. The number of aryl methyl sites for hydroxylation is 1. The minimum absolute atomic E-state index is 0.000588. The third-order valence-corrected chi connectivity index (χ3v) is 10.3. The van der Waals surface area contributed by atoms with E-state index in [0.29, 0.717) is 6.42 Å². The number of para-hydroxylation sites is 2. The number of hydrogen-bond donors (Lipinski definition) is 1. The number of rotatable bonds is 13. The van der Waals surface area contributed by atoms with Gasteiger partial charge in [-0.1, -0.05) is 73.2 Å². The highest BCUT2D eigenvalue weighted by atomic mass is 16.5. The number of ketones is 2. The van der Waals surface area contributed by atoms with Crippen LogP contribution in [-0.2, 0) is 24.1 Å². The number of nitrogens with zero attached hydrogens (tertiary/aromatic N) is 2. The Hall–Kier alpha value is -7.26. The Morgan fingerprint density at radius 3 is 1.86 bits per heavy atom. The summed E-state index contributed by atoms with van der Waals surface area (Å²) in [5, 5.41) is 9.71. The fourth-order valence-corrected chi connectivity index (χ4v) is 7.45. The van der Waals surface area contributed by atoms with Crippen molar-refractivity contribution in [2.24, 2.45) is 9.98 Å². The molecule has 0 fully saturated rings. The van der Waals surface area contributed by atoms with Gasteiger partial charge in [-0.3, -0.25) is 24.4 Å². The SMILES string of the molecule is CCC(=O)c1ccc(Oc2ccc(C(=O)Cc3ccc(-c4ccc(C)cc4C4=Nc5ccccc5C4)c(C4=Nc5ccccc5C4)c3)c(OC=O)c2)cc1C(=O)O. The summed E-state index contributed by atoms with van der Waals surface area (Å²) in [6, 6.07) is 37.3. The number of aliphatic imine (C=N–C) groups is 2. The van der Waals surface area contributed by atoms with Crippen molar-refractivity contribution in [1.29, 1.82) is 0 Å². The Bertz CT molecular complexity index is 2710. The lowest BCUT2D eigenvalue weighted by atomic mass is 9.87. The quantitative estimate of drug-likeness (QED) is 0.0918. The van der Waals surface area contributed by atoms with E-state index in [1.54, 1.807) is 13.0 Å². The van der Waals surface area contributed by atoms with Gasteiger partial charge in [0.15, 0.2) is 11.6 Å². The van der Waals surface area contributed by atoms with Gasteiger partial charge in [-0.15, -0.1) is 0 Å². The van der Waals surface area contributed by atoms with Crippen molar-refractivity contribution in [3.8, 4) is 28.4 Å². The van der Waals surface area contributed by atoms with E-state index in [2.05, 4.69) is 37.3 Å². The van der Waals surface area contributed by atoms with Crippen molar-refractivity contribution >= 4 is 46.8 Å². The Kier molecular flexibility index (Phi) is 9.96. The minimum Gasteiger partial charge on any atom is -0.478 e. The zero-order valence-corrected chi connectivity index (χ0v) is 31.2. The van der Waals surface area contributed by atoms with Crippen molar-refractivity contribution in [2.75, 3.05) is 0 Å². The molecule has 0 saturated heterocycles. The van der Waals surface area contributed by atoms with E-state index in [1.165, 1.54) is 35.9 Å². The first kappa shape index (κ1) is 36.7. The van der Waals surface area contributed by atoms with Crippen molar-refractivity contribution < 1.29 is 33.8 Å². The van der Waals surface area contributed by atoms with Crippen LogP contribution in [-0.4, -0.2) is 40.5 Å². The number of ether oxygens (including phenoxy) is 2. The van der Waals surface area contributed by atoms with E-state index in [4.69, 9.17) is 19.5 Å². The summed E-state index contributed by atoms with van der Waals surface area (Å²) in [6.45, 7) is 3.97. The number of hydrogen-bond acceptors (Lipinski definition) is 8. The predicted molar refractivity (Wildman–Crippen MR) is 219 cm³/mol. The first-order valence-electron chi connectivity index (χ1n) is 18.6. The zero-order chi connectivity index (χ0) is 39.6. The van der Waals surface area contributed by atoms with Crippen LogP contribution < -0.4 is 9.47 Å². The second-order valence-electron chi connectivity index (χ2n) is 14.0. The first-order valence-corrected chi connectivity index (χ1v) is 18.6. The van der Waals surface area contributed by atoms with E-state index < -0.39 is 5.97 Å². The fraction of sp³-hybridized carbons (Fsp3) is 0.125. The normalized spacial score (nSPS) is 12.6. The highest BCUT2D eigenvalue weighted by Crippen LogP contribution is 2.38. The van der Waals surface area contributed by atoms with Gasteiger partial charge in [-0.2, -0.15) is 0 Å². The van der Waals surface area contributed by atoms with Crippen LogP contribution in [0.3, 0.4) is 0 Å². The van der Waals surface area contributed by atoms with Crippen LogP contribution in [0.25, 0.3) is 11.1 Å². The van der Waals surface area contributed by atoms with Gasteiger partial charge in [0.25, 0.3) is 6.47 Å². The smallest absolute Gasteiger partial charge is 0.336 e. The average Bonchev–Trinajstić information content (AvgIpc) is 3.86. The first-order chi connectivity index (χ1) is 27.7. The summed E-state index contributed by atoms with van der Waals surface area (Å²) >= 11 is 0. The van der Waals surface area contributed by atoms with E-state index >= 15 is 0 Å². The van der Waals surface area contributed by atoms with Crippen molar-refractivity contribution in [3.05, 3.63) is 171 Å². The maximum Gasteiger partial charge on any atom is 0.336 e. The molecule has 0 atom stereocenters. The number of carboxylic acids is 1. The van der Waals surface area contributed by atoms with Crippen LogP contribution in [0.2, 0.25) is 0 Å². The highest BCUT2D eigenvalue weighted by molar-refractivity contribution is 6.15. The molecule has 0 bridgehead atoms. The summed E-state index contributed by atoms with van der Waals surface area (Å²) < 4.78 is 11.2. The number of benzene rings is 6. The van der Waals surface area contributed by atoms with Crippen LogP contribution in [0, 0.1) is 6.92 Å². The van der Waals surface area contributed by atoms with Gasteiger partial charge in [0.1, 0.15) is 17.2 Å². The number of fused-ring (bicyclic) bond motifs is 2. The second kappa shape index (κ2) is 15.5. The third kappa shape index (κ3) is 7.43. The van der Waals surface area contributed by atoms with Crippen LogP contribution in [0.15, 0.2) is 131 Å². The van der Waals surface area contributed by atoms with E-state index in [1.807, 2.05) is 54.6 Å². The molecule has 0 amide bonds. The molecule has 57 heavy (non-hydrogen) atoms. The summed E-state index contributed by atoms with van der Waals surface area (Å²) in [5.74, 6) is -1.53. The van der Waals surface area contributed by atoms with Crippen LogP contribution in [0.1, 0.15) is 77.8 Å². The van der Waals surface area contributed by atoms with Gasteiger partial charge >= 0.3 is 5.97 Å². The summed E-state index contributed by atoms with van der Waals surface area (Å²) in [5.41, 5.74) is 12.0. The zero-order valence-electron chi connectivity index (χ0n) is 31.2. The Labute approximate surface area is 329 Å². The van der Waals surface area contributed by atoms with Crippen LogP contribution >= 0.6 is 0 Å². The number of Topliss-reactive ketones (excluding diaryl/α,β-unsaturated/α-hetero) is 2. The van der Waals surface area contributed by atoms with Gasteiger partial charge in [0.05, 0.1) is 33.9 Å². The van der Waals surface area contributed by atoms with Crippen molar-refractivity contribution in [3.63, 3.8) is 0 Å². The maximum atomic E-state index is 14.0. The topological polar surface area (TPSA) is 132 Å². The molecule has 8 rings (SSSR count). The average molecular weight is 753 g/mol. The summed E-state index contributed by atoms with van der Waals surface area (Å²) in [4.78, 5) is 59.9. The fourth-order valence-electron chi connectivity index (χ4n) is 7.45. The molecular formula is C48H36N2O7. The van der Waals surface area contributed by atoms with Gasteiger partial charge < -0.3 is 14.6 Å². The molecule has 0 radical (unpaired) electrons. The minimum atomic E-state index is -1.27. The molecular weight excluding hydrogens is 717 g/mol. The van der Waals surface area contributed by atoms with E-state index in [-0.39, 0.29) is 64.8 Å². The highest BCUT2D eigenvalue weighted by Gasteiger charge is 2.25. The van der Waals surface area contributed by atoms with Crippen molar-refractivity contribution in [1.82, 2.24) is 0 Å². The lowest BCUT2D eigenvalue weighted by Gasteiger charge is -2.17. The lowest BCUT2D eigenvalue weighted by Crippen LogP contribution is -2.10. The molecule has 2 heterocycles. The van der Waals surface area contributed by atoms with Gasteiger partial charge in [0, 0.05) is 48.4 Å². The summed E-state index contributed by atoms with van der Waals surface area (Å²) in [6.07, 6.45) is 1.51. The number of aromatic carboxylic acids is 1. The largest absolute Gasteiger partial charge is 0.478 e. The third-order valence-electron chi connectivity index (χ3n) is 10.3. The van der Waals surface area contributed by atoms with Crippen molar-refractivity contribution in [2.45, 2.75) is 39.5 Å².